The number of fused-ring (bicyclic) bond motifs is 2. The van der Waals surface area contributed by atoms with E-state index >= 15 is 0 Å². The first kappa shape index (κ1) is 22.6. The van der Waals surface area contributed by atoms with E-state index in [1.807, 2.05) is 11.3 Å². The summed E-state index contributed by atoms with van der Waals surface area (Å²) in [6, 6.07) is 13.4. The molecule has 0 unspecified atom stereocenters. The third kappa shape index (κ3) is 4.23. The Bertz CT molecular complexity index is 1470. The Hall–Kier alpha value is -2.21. The van der Waals surface area contributed by atoms with Crippen LogP contribution < -0.4 is 0 Å². The van der Waals surface area contributed by atoms with Crippen molar-refractivity contribution in [3.8, 4) is 22.5 Å². The molecular weight excluding hydrogens is 461 g/mol. The number of nitrogens with zero attached hydrogens (tertiary/aromatic N) is 2. The normalized spacial score (nSPS) is 12.3. The Balaban J connectivity index is 1.62. The van der Waals surface area contributed by atoms with Crippen LogP contribution in [0.4, 0.5) is 0 Å². The Morgan fingerprint density at radius 1 is 0.939 bits per heavy atom. The Labute approximate surface area is 209 Å². The topological polar surface area (TPSA) is 25.8 Å². The number of aromatic nitrogens is 2. The predicted octanol–water partition coefficient (Wildman–Crippen LogP) is 9.02. The smallest absolute Gasteiger partial charge is 0.116 e. The van der Waals surface area contributed by atoms with Gasteiger partial charge in [-0.2, -0.15) is 0 Å². The van der Waals surface area contributed by atoms with E-state index < -0.39 is 0 Å². The summed E-state index contributed by atoms with van der Waals surface area (Å²) in [6.45, 7) is 11.3. The summed E-state index contributed by atoms with van der Waals surface area (Å²) in [4.78, 5) is 10.1. The highest BCUT2D eigenvalue weighted by atomic mass is 32.1. The van der Waals surface area contributed by atoms with Crippen molar-refractivity contribution in [1.82, 2.24) is 9.97 Å². The fourth-order valence-electron chi connectivity index (χ4n) is 4.41. The van der Waals surface area contributed by atoms with E-state index in [4.69, 9.17) is 12.6 Å². The number of hydrogen-bond acceptors (Lipinski definition) is 5. The van der Waals surface area contributed by atoms with Gasteiger partial charge in [-0.3, -0.25) is 0 Å². The molecule has 0 radical (unpaired) electrons. The average molecular weight is 489 g/mol. The molecule has 2 nitrogen and oxygen atoms in total. The van der Waals surface area contributed by atoms with Crippen LogP contribution >= 0.6 is 35.3 Å². The zero-order valence-corrected chi connectivity index (χ0v) is 22.2. The van der Waals surface area contributed by atoms with E-state index in [0.29, 0.717) is 5.92 Å². The van der Waals surface area contributed by atoms with E-state index in [1.165, 1.54) is 31.3 Å². The second-order valence-corrected chi connectivity index (χ2v) is 12.4. The summed E-state index contributed by atoms with van der Waals surface area (Å²) in [7, 11) is 0. The van der Waals surface area contributed by atoms with Crippen LogP contribution in [0.2, 0.25) is 0 Å². The summed E-state index contributed by atoms with van der Waals surface area (Å²) in [5.74, 6) is 0.648. The summed E-state index contributed by atoms with van der Waals surface area (Å²) >= 11 is 8.56. The zero-order chi connectivity index (χ0) is 23.3. The van der Waals surface area contributed by atoms with Crippen molar-refractivity contribution in [3.63, 3.8) is 0 Å². The van der Waals surface area contributed by atoms with Gasteiger partial charge in [-0.1, -0.05) is 46.8 Å². The lowest BCUT2D eigenvalue weighted by atomic mass is 9.85. The molecule has 0 N–H and O–H groups in total. The van der Waals surface area contributed by atoms with Crippen LogP contribution in [0.3, 0.4) is 0 Å². The van der Waals surface area contributed by atoms with Gasteiger partial charge in [-0.05, 0) is 74.7 Å². The van der Waals surface area contributed by atoms with Crippen molar-refractivity contribution in [2.75, 3.05) is 0 Å². The molecule has 2 aromatic carbocycles. The van der Waals surface area contributed by atoms with Crippen molar-refractivity contribution in [3.05, 3.63) is 64.6 Å². The van der Waals surface area contributed by atoms with Crippen molar-refractivity contribution < 1.29 is 0 Å². The average Bonchev–Trinajstić information content (AvgIpc) is 3.38. The molecule has 0 saturated carbocycles. The quantitative estimate of drug-likeness (QED) is 0.255. The van der Waals surface area contributed by atoms with Gasteiger partial charge < -0.3 is 0 Å². The minimum atomic E-state index is 0.0453. The first-order valence-electron chi connectivity index (χ1n) is 11.3. The highest BCUT2D eigenvalue weighted by molar-refractivity contribution is 7.80. The molecule has 0 aliphatic heterocycles. The highest BCUT2D eigenvalue weighted by Crippen LogP contribution is 2.40. The number of benzene rings is 2. The van der Waals surface area contributed by atoms with Gasteiger partial charge in [0.15, 0.2) is 0 Å². The Kier molecular flexibility index (Phi) is 5.84. The monoisotopic (exact) mass is 488 g/mol. The number of rotatable bonds is 4. The van der Waals surface area contributed by atoms with Crippen molar-refractivity contribution in [2.24, 2.45) is 5.92 Å². The van der Waals surface area contributed by atoms with Crippen LogP contribution in [0.15, 0.2) is 58.4 Å². The molecule has 3 aromatic heterocycles. The molecule has 0 aliphatic carbocycles. The summed E-state index contributed by atoms with van der Waals surface area (Å²) in [6.07, 6.45) is 2.78. The van der Waals surface area contributed by atoms with Gasteiger partial charge in [0.2, 0.25) is 0 Å². The van der Waals surface area contributed by atoms with Gasteiger partial charge in [0.05, 0.1) is 16.3 Å². The minimum absolute atomic E-state index is 0.0453. The van der Waals surface area contributed by atoms with Crippen LogP contribution in [0.25, 0.3) is 42.7 Å². The number of hydrogen-bond donors (Lipinski definition) is 1. The molecule has 5 rings (SSSR count). The molecule has 33 heavy (non-hydrogen) atoms. The lowest BCUT2D eigenvalue weighted by Crippen LogP contribution is -2.11. The maximum absolute atomic E-state index is 4.95. The lowest BCUT2D eigenvalue weighted by Gasteiger charge is -2.21. The summed E-state index contributed by atoms with van der Waals surface area (Å²) in [5, 5.41) is 7.07. The number of thiophene rings is 2. The van der Waals surface area contributed by atoms with Crippen LogP contribution in [-0.2, 0) is 11.8 Å². The van der Waals surface area contributed by atoms with Gasteiger partial charge in [-0.15, -0.1) is 35.3 Å². The zero-order valence-electron chi connectivity index (χ0n) is 19.6. The molecule has 0 fully saturated rings. The van der Waals surface area contributed by atoms with Crippen molar-refractivity contribution in [2.45, 2.75) is 51.3 Å². The largest absolute Gasteiger partial charge is 0.235 e. The maximum Gasteiger partial charge on any atom is 0.116 e. The van der Waals surface area contributed by atoms with E-state index in [2.05, 4.69) is 91.7 Å². The van der Waals surface area contributed by atoms with E-state index in [1.54, 1.807) is 17.7 Å². The standard InChI is InChI=1S/C28H28N2S3/c1-16(2)10-20-14-33-23-13-17(6-7-21(20)23)24-26(31)25(30-15-29-24)19-11-18-8-9-32-27(18)22(12-19)28(3,4)5/h6-9,11-16,31H,10H2,1-5H3. The van der Waals surface area contributed by atoms with Crippen molar-refractivity contribution >= 4 is 55.5 Å². The van der Waals surface area contributed by atoms with Gasteiger partial charge >= 0.3 is 0 Å². The first-order chi connectivity index (χ1) is 15.7. The third-order valence-electron chi connectivity index (χ3n) is 6.01. The van der Waals surface area contributed by atoms with Crippen LogP contribution in [0, 0.1) is 5.92 Å². The number of thiol groups is 1. The molecule has 0 spiro atoms. The SMILES string of the molecule is CC(C)Cc1csc2cc(-c3ncnc(-c4cc(C(C)(C)C)c5sccc5c4)c3S)ccc12. The predicted molar refractivity (Wildman–Crippen MR) is 148 cm³/mol. The molecule has 3 heterocycles. The molecule has 0 atom stereocenters. The lowest BCUT2D eigenvalue weighted by molar-refractivity contribution is 0.597. The van der Waals surface area contributed by atoms with E-state index in [0.717, 1.165) is 33.8 Å². The highest BCUT2D eigenvalue weighted by Gasteiger charge is 2.21. The molecule has 168 valence electrons. The molecule has 0 bridgehead atoms. The molecular formula is C28H28N2S3. The fourth-order valence-corrected chi connectivity index (χ4v) is 6.90. The van der Waals surface area contributed by atoms with Crippen LogP contribution in [-0.4, -0.2) is 9.97 Å². The van der Waals surface area contributed by atoms with Gasteiger partial charge in [0.1, 0.15) is 6.33 Å². The fraction of sp³-hybridized carbons (Fsp3) is 0.286. The molecule has 5 aromatic rings. The Morgan fingerprint density at radius 3 is 2.42 bits per heavy atom. The second kappa shape index (κ2) is 8.53. The van der Waals surface area contributed by atoms with Gasteiger partial charge in [-0.25, -0.2) is 9.97 Å². The minimum Gasteiger partial charge on any atom is -0.235 e. The van der Waals surface area contributed by atoms with E-state index in [9.17, 15) is 0 Å². The molecule has 0 aliphatic rings. The van der Waals surface area contributed by atoms with Gasteiger partial charge in [0, 0.05) is 20.5 Å². The second-order valence-electron chi connectivity index (χ2n) is 10.1. The summed E-state index contributed by atoms with van der Waals surface area (Å²) < 4.78 is 2.65. The maximum atomic E-state index is 4.95. The van der Waals surface area contributed by atoms with Crippen molar-refractivity contribution in [1.29, 1.82) is 0 Å². The first-order valence-corrected chi connectivity index (χ1v) is 13.5. The van der Waals surface area contributed by atoms with E-state index in [-0.39, 0.29) is 5.41 Å². The molecule has 5 heteroatoms. The van der Waals surface area contributed by atoms with Crippen LogP contribution in [0.5, 0.6) is 0 Å². The van der Waals surface area contributed by atoms with Crippen LogP contribution in [0.1, 0.15) is 45.7 Å². The Morgan fingerprint density at radius 2 is 1.70 bits per heavy atom. The molecule has 0 amide bonds. The third-order valence-corrected chi connectivity index (χ3v) is 8.39. The molecule has 0 saturated heterocycles. The summed E-state index contributed by atoms with van der Waals surface area (Å²) in [5.41, 5.74) is 6.77. The van der Waals surface area contributed by atoms with Gasteiger partial charge in [0.25, 0.3) is 0 Å².